The van der Waals surface area contributed by atoms with E-state index in [-0.39, 0.29) is 23.6 Å². The summed E-state index contributed by atoms with van der Waals surface area (Å²) in [4.78, 5) is 24.9. The molecule has 0 fully saturated rings. The number of carbonyl (C=O) groups is 2. The van der Waals surface area contributed by atoms with E-state index in [1.54, 1.807) is 19.1 Å². The highest BCUT2D eigenvalue weighted by atomic mass is 19.4. The fraction of sp³-hybridized carbons (Fsp3) is 0.294. The molecule has 0 saturated heterocycles. The monoisotopic (exact) mass is 410 g/mol. The van der Waals surface area contributed by atoms with Gasteiger partial charge in [0.05, 0.1) is 18.5 Å². The molecule has 0 saturated carbocycles. The third-order valence-electron chi connectivity index (χ3n) is 3.96. The van der Waals surface area contributed by atoms with Crippen LogP contribution in [0.25, 0.3) is 0 Å². The number of aromatic nitrogens is 4. The second-order valence-electron chi connectivity index (χ2n) is 6.00. The van der Waals surface area contributed by atoms with Gasteiger partial charge in [-0.1, -0.05) is 0 Å². The fourth-order valence-corrected chi connectivity index (χ4v) is 2.51. The molecular weight excluding hydrogens is 393 g/mol. The summed E-state index contributed by atoms with van der Waals surface area (Å²) in [5.74, 6) is -0.912. The second-order valence-corrected chi connectivity index (χ2v) is 6.00. The van der Waals surface area contributed by atoms with Crippen LogP contribution in [0.2, 0.25) is 0 Å². The number of amides is 2. The van der Waals surface area contributed by atoms with Gasteiger partial charge in [-0.25, -0.2) is 0 Å². The van der Waals surface area contributed by atoms with Crippen molar-refractivity contribution in [1.82, 2.24) is 24.9 Å². The molecule has 0 radical (unpaired) electrons. The number of hydrogen-bond donors (Lipinski definition) is 2. The lowest BCUT2D eigenvalue weighted by Crippen LogP contribution is -2.25. The summed E-state index contributed by atoms with van der Waals surface area (Å²) in [5, 5.41) is 12.4. The van der Waals surface area contributed by atoms with Crippen molar-refractivity contribution in [3.8, 4) is 0 Å². The van der Waals surface area contributed by atoms with E-state index in [1.165, 1.54) is 24.2 Å². The van der Waals surface area contributed by atoms with E-state index in [1.807, 2.05) is 0 Å². The number of anilines is 1. The fourth-order valence-electron chi connectivity index (χ4n) is 2.51. The van der Waals surface area contributed by atoms with Gasteiger partial charge in [-0.3, -0.25) is 19.0 Å². The molecule has 0 bridgehead atoms. The van der Waals surface area contributed by atoms with Gasteiger partial charge in [-0.15, -0.1) is 0 Å². The lowest BCUT2D eigenvalue weighted by atomic mass is 10.3. The van der Waals surface area contributed by atoms with E-state index in [4.69, 9.17) is 4.42 Å². The topological polar surface area (TPSA) is 107 Å². The molecule has 2 N–H and O–H groups in total. The molecule has 12 heteroatoms. The minimum atomic E-state index is -4.68. The molecule has 9 nitrogen and oxygen atoms in total. The van der Waals surface area contributed by atoms with Crippen LogP contribution in [-0.2, 0) is 26.3 Å². The Balaban J connectivity index is 1.80. The number of alkyl halides is 3. The lowest BCUT2D eigenvalue weighted by Gasteiger charge is -2.06. The van der Waals surface area contributed by atoms with Crippen LogP contribution in [0.4, 0.5) is 18.9 Å². The zero-order chi connectivity index (χ0) is 21.2. The van der Waals surface area contributed by atoms with E-state index in [9.17, 15) is 22.8 Å². The van der Waals surface area contributed by atoms with E-state index in [0.717, 1.165) is 4.68 Å². The summed E-state index contributed by atoms with van der Waals surface area (Å²) in [6.07, 6.45) is -1.80. The van der Waals surface area contributed by atoms with E-state index >= 15 is 0 Å². The number of furan rings is 1. The molecule has 3 rings (SSSR count). The summed E-state index contributed by atoms with van der Waals surface area (Å²) < 4.78 is 45.8. The van der Waals surface area contributed by atoms with Crippen LogP contribution >= 0.6 is 0 Å². The Hall–Kier alpha value is -3.57. The Bertz CT molecular complexity index is 1020. The average Bonchev–Trinajstić information content (AvgIpc) is 3.38. The maximum atomic E-state index is 12.8. The van der Waals surface area contributed by atoms with Gasteiger partial charge < -0.3 is 15.1 Å². The van der Waals surface area contributed by atoms with Crippen molar-refractivity contribution >= 4 is 17.5 Å². The van der Waals surface area contributed by atoms with E-state index < -0.39 is 23.7 Å². The molecule has 0 aliphatic rings. The number of rotatable bonds is 6. The predicted octanol–water partition coefficient (Wildman–Crippen LogP) is 2.43. The molecule has 2 amide bonds. The molecule has 3 aromatic heterocycles. The summed E-state index contributed by atoms with van der Waals surface area (Å²) in [7, 11) is 1.22. The summed E-state index contributed by atoms with van der Waals surface area (Å²) in [5.41, 5.74) is -1.53. The predicted molar refractivity (Wildman–Crippen MR) is 93.9 cm³/mol. The first-order valence-corrected chi connectivity index (χ1v) is 8.49. The Morgan fingerprint density at radius 3 is 2.59 bits per heavy atom. The number of aryl methyl sites for hydroxylation is 2. The number of carbonyl (C=O) groups excluding carboxylic acids is 2. The highest BCUT2D eigenvalue weighted by Gasteiger charge is 2.35. The Labute approximate surface area is 162 Å². The summed E-state index contributed by atoms with van der Waals surface area (Å²) >= 11 is 0. The molecular formula is C17H17F3N6O3. The van der Waals surface area contributed by atoms with Gasteiger partial charge in [-0.2, -0.15) is 23.4 Å². The van der Waals surface area contributed by atoms with Gasteiger partial charge >= 0.3 is 6.18 Å². The van der Waals surface area contributed by atoms with Crippen molar-refractivity contribution in [3.05, 3.63) is 53.5 Å². The zero-order valence-electron chi connectivity index (χ0n) is 15.4. The Morgan fingerprint density at radius 2 is 2.00 bits per heavy atom. The number of nitrogens with one attached hydrogen (secondary N) is 2. The van der Waals surface area contributed by atoms with Crippen LogP contribution in [0.5, 0.6) is 0 Å². The molecule has 0 unspecified atom stereocenters. The van der Waals surface area contributed by atoms with Gasteiger partial charge in [0.2, 0.25) is 0 Å². The van der Waals surface area contributed by atoms with Gasteiger partial charge in [0.1, 0.15) is 11.5 Å². The molecule has 154 valence electrons. The molecule has 0 aliphatic carbocycles. The molecule has 3 heterocycles. The first-order chi connectivity index (χ1) is 13.7. The van der Waals surface area contributed by atoms with Crippen molar-refractivity contribution in [1.29, 1.82) is 0 Å². The van der Waals surface area contributed by atoms with Crippen LogP contribution in [0.15, 0.2) is 35.1 Å². The first-order valence-electron chi connectivity index (χ1n) is 8.49. The van der Waals surface area contributed by atoms with Gasteiger partial charge in [0.15, 0.2) is 11.4 Å². The minimum absolute atomic E-state index is 0.0588. The van der Waals surface area contributed by atoms with Crippen LogP contribution in [-0.4, -0.2) is 31.4 Å². The number of hydrogen-bond acceptors (Lipinski definition) is 5. The van der Waals surface area contributed by atoms with Crippen LogP contribution in [0, 0.1) is 0 Å². The SMILES string of the molecule is CCn1cc(NC(=O)c2cc(C(F)(F)F)nn2C)c(C(=O)NCc2ccco2)n1. The van der Waals surface area contributed by atoms with E-state index in [2.05, 4.69) is 20.8 Å². The van der Waals surface area contributed by atoms with Crippen LogP contribution in [0.1, 0.15) is 39.4 Å². The summed E-state index contributed by atoms with van der Waals surface area (Å²) in [6.45, 7) is 2.30. The normalized spacial score (nSPS) is 11.5. The third-order valence-corrected chi connectivity index (χ3v) is 3.96. The molecule has 0 aromatic carbocycles. The number of nitrogens with zero attached hydrogens (tertiary/aromatic N) is 4. The van der Waals surface area contributed by atoms with Crippen molar-refractivity contribution < 1.29 is 27.2 Å². The standard InChI is InChI=1S/C17H17F3N6O3/c1-3-26-9-11(14(24-26)16(28)21-8-10-5-4-6-29-10)22-15(27)12-7-13(17(18,19)20)23-25(12)2/h4-7,9H,3,8H2,1-2H3,(H,21,28)(H,22,27). The number of halogens is 3. The summed E-state index contributed by atoms with van der Waals surface area (Å²) in [6, 6.07) is 3.98. The quantitative estimate of drug-likeness (QED) is 0.649. The minimum Gasteiger partial charge on any atom is -0.467 e. The van der Waals surface area contributed by atoms with Crippen molar-refractivity contribution in [2.45, 2.75) is 26.2 Å². The highest BCUT2D eigenvalue weighted by Crippen LogP contribution is 2.28. The highest BCUT2D eigenvalue weighted by molar-refractivity contribution is 6.07. The van der Waals surface area contributed by atoms with Crippen molar-refractivity contribution in [2.24, 2.45) is 7.05 Å². The lowest BCUT2D eigenvalue weighted by molar-refractivity contribution is -0.141. The van der Waals surface area contributed by atoms with Crippen LogP contribution < -0.4 is 10.6 Å². The van der Waals surface area contributed by atoms with Crippen molar-refractivity contribution in [3.63, 3.8) is 0 Å². The maximum Gasteiger partial charge on any atom is 0.435 e. The molecule has 0 aliphatic heterocycles. The molecule has 0 spiro atoms. The Morgan fingerprint density at radius 1 is 1.24 bits per heavy atom. The van der Waals surface area contributed by atoms with Gasteiger partial charge in [0.25, 0.3) is 11.8 Å². The van der Waals surface area contributed by atoms with Crippen molar-refractivity contribution in [2.75, 3.05) is 5.32 Å². The van der Waals surface area contributed by atoms with Crippen LogP contribution in [0.3, 0.4) is 0 Å². The smallest absolute Gasteiger partial charge is 0.435 e. The van der Waals surface area contributed by atoms with E-state index in [0.29, 0.717) is 18.4 Å². The average molecular weight is 410 g/mol. The van der Waals surface area contributed by atoms with Gasteiger partial charge in [-0.05, 0) is 19.1 Å². The zero-order valence-corrected chi connectivity index (χ0v) is 15.4. The largest absolute Gasteiger partial charge is 0.467 e. The van der Waals surface area contributed by atoms with Gasteiger partial charge in [0, 0.05) is 25.9 Å². The maximum absolute atomic E-state index is 12.8. The molecule has 29 heavy (non-hydrogen) atoms. The third kappa shape index (κ3) is 4.47. The first kappa shape index (κ1) is 20.2. The molecule has 0 atom stereocenters. The molecule has 3 aromatic rings. The Kier molecular flexibility index (Phi) is 5.43. The second kappa shape index (κ2) is 7.81.